The Hall–Kier alpha value is -0.600. The molecule has 0 N–H and O–H groups in total. The lowest BCUT2D eigenvalue weighted by Gasteiger charge is -2.23. The predicted octanol–water partition coefficient (Wildman–Crippen LogP) is 2.08. The molecule has 0 aromatic rings. The molecule has 0 amide bonds. The molecule has 0 radical (unpaired) electrons. The van der Waals surface area contributed by atoms with Crippen LogP contribution in [0.1, 0.15) is 32.1 Å². The molecule has 0 spiro atoms. The van der Waals surface area contributed by atoms with Crippen molar-refractivity contribution in [3.63, 3.8) is 0 Å². The van der Waals surface area contributed by atoms with Crippen molar-refractivity contribution in [3.8, 4) is 0 Å². The highest BCUT2D eigenvalue weighted by atomic mass is 19.1. The number of carbonyl (C=O) groups is 1. The number of hydrogen-bond donors (Lipinski definition) is 0. The maximum atomic E-state index is 13.2. The van der Waals surface area contributed by atoms with E-state index < -0.39 is 12.1 Å². The third-order valence-electron chi connectivity index (χ3n) is 2.49. The molecule has 1 atom stereocenters. The molecule has 0 aromatic heterocycles. The lowest BCUT2D eigenvalue weighted by Crippen LogP contribution is -2.28. The topological polar surface area (TPSA) is 26.3 Å². The number of halogens is 1. The molecule has 2 nitrogen and oxygen atoms in total. The van der Waals surface area contributed by atoms with Crippen LogP contribution in [0.2, 0.25) is 0 Å². The Bertz CT molecular complexity index is 153. The second-order valence-corrected chi connectivity index (χ2v) is 3.32. The van der Waals surface area contributed by atoms with Gasteiger partial charge in [0.15, 0.2) is 6.17 Å². The third kappa shape index (κ3) is 2.19. The minimum Gasteiger partial charge on any atom is -0.467 e. The average molecular weight is 174 g/mol. The van der Waals surface area contributed by atoms with Crippen molar-refractivity contribution in [2.24, 2.45) is 5.92 Å². The fraction of sp³-hybridized carbons (Fsp3) is 0.889. The zero-order chi connectivity index (χ0) is 8.97. The van der Waals surface area contributed by atoms with Gasteiger partial charge in [0.25, 0.3) is 0 Å². The fourth-order valence-electron chi connectivity index (χ4n) is 1.73. The fourth-order valence-corrected chi connectivity index (χ4v) is 1.73. The quantitative estimate of drug-likeness (QED) is 0.599. The zero-order valence-electron chi connectivity index (χ0n) is 7.38. The second kappa shape index (κ2) is 4.43. The molecule has 12 heavy (non-hydrogen) atoms. The normalized spacial score (nSPS) is 21.8. The Morgan fingerprint density at radius 3 is 2.50 bits per heavy atom. The van der Waals surface area contributed by atoms with Gasteiger partial charge in [0, 0.05) is 5.92 Å². The largest absolute Gasteiger partial charge is 0.467 e. The number of hydrogen-bond acceptors (Lipinski definition) is 2. The molecule has 3 heteroatoms. The molecule has 0 aromatic carbocycles. The van der Waals surface area contributed by atoms with Crippen LogP contribution in [-0.4, -0.2) is 19.3 Å². The van der Waals surface area contributed by atoms with Gasteiger partial charge in [-0.2, -0.15) is 0 Å². The number of carbonyl (C=O) groups excluding carboxylic acids is 1. The highest BCUT2D eigenvalue weighted by Gasteiger charge is 2.29. The SMILES string of the molecule is COC(=O)C(F)C1CCCCC1. The summed E-state index contributed by atoms with van der Waals surface area (Å²) in [5.41, 5.74) is 0. The van der Waals surface area contributed by atoms with E-state index in [2.05, 4.69) is 4.74 Å². The molecule has 1 rings (SSSR count). The standard InChI is InChI=1S/C9H15FO2/c1-12-9(11)8(10)7-5-3-2-4-6-7/h7-8H,2-6H2,1H3. The van der Waals surface area contributed by atoms with E-state index >= 15 is 0 Å². The van der Waals surface area contributed by atoms with Gasteiger partial charge in [0.2, 0.25) is 0 Å². The van der Waals surface area contributed by atoms with E-state index in [1.54, 1.807) is 0 Å². The number of alkyl halides is 1. The molecule has 0 heterocycles. The molecule has 0 saturated heterocycles. The molecule has 1 aliphatic carbocycles. The maximum Gasteiger partial charge on any atom is 0.340 e. The van der Waals surface area contributed by atoms with Gasteiger partial charge < -0.3 is 4.74 Å². The van der Waals surface area contributed by atoms with Crippen LogP contribution < -0.4 is 0 Å². The molecule has 1 saturated carbocycles. The summed E-state index contributed by atoms with van der Waals surface area (Å²) in [6, 6.07) is 0. The van der Waals surface area contributed by atoms with Gasteiger partial charge in [-0.25, -0.2) is 9.18 Å². The lowest BCUT2D eigenvalue weighted by molar-refractivity contribution is -0.149. The van der Waals surface area contributed by atoms with Gasteiger partial charge in [-0.15, -0.1) is 0 Å². The van der Waals surface area contributed by atoms with Crippen molar-refractivity contribution in [1.82, 2.24) is 0 Å². The van der Waals surface area contributed by atoms with Crippen molar-refractivity contribution < 1.29 is 13.9 Å². The van der Waals surface area contributed by atoms with Crippen molar-refractivity contribution in [2.45, 2.75) is 38.3 Å². The van der Waals surface area contributed by atoms with Gasteiger partial charge in [-0.05, 0) is 12.8 Å². The van der Waals surface area contributed by atoms with Gasteiger partial charge in [0.1, 0.15) is 0 Å². The summed E-state index contributed by atoms with van der Waals surface area (Å²) in [4.78, 5) is 10.8. The van der Waals surface area contributed by atoms with Crippen LogP contribution in [0.5, 0.6) is 0 Å². The van der Waals surface area contributed by atoms with E-state index in [0.29, 0.717) is 0 Å². The van der Waals surface area contributed by atoms with Crippen LogP contribution in [0.25, 0.3) is 0 Å². The highest BCUT2D eigenvalue weighted by Crippen LogP contribution is 2.28. The first kappa shape index (κ1) is 9.49. The predicted molar refractivity (Wildman–Crippen MR) is 43.5 cm³/mol. The van der Waals surface area contributed by atoms with Crippen molar-refractivity contribution in [1.29, 1.82) is 0 Å². The van der Waals surface area contributed by atoms with E-state index in [4.69, 9.17) is 0 Å². The maximum absolute atomic E-state index is 13.2. The molecule has 1 unspecified atom stereocenters. The van der Waals surface area contributed by atoms with E-state index in [-0.39, 0.29) is 5.92 Å². The summed E-state index contributed by atoms with van der Waals surface area (Å²) in [6.07, 6.45) is 3.52. The summed E-state index contributed by atoms with van der Waals surface area (Å²) < 4.78 is 17.6. The van der Waals surface area contributed by atoms with Crippen molar-refractivity contribution in [2.75, 3.05) is 7.11 Å². The Balaban J connectivity index is 2.39. The Morgan fingerprint density at radius 1 is 1.42 bits per heavy atom. The zero-order valence-corrected chi connectivity index (χ0v) is 7.38. The number of methoxy groups -OCH3 is 1. The molecule has 0 aliphatic heterocycles. The van der Waals surface area contributed by atoms with Crippen LogP contribution in [0.4, 0.5) is 4.39 Å². The second-order valence-electron chi connectivity index (χ2n) is 3.32. The van der Waals surface area contributed by atoms with Gasteiger partial charge >= 0.3 is 5.97 Å². The number of rotatable bonds is 2. The minimum absolute atomic E-state index is 0.0915. The summed E-state index contributed by atoms with van der Waals surface area (Å²) in [6.45, 7) is 0. The molecular weight excluding hydrogens is 159 g/mol. The van der Waals surface area contributed by atoms with Gasteiger partial charge in [-0.1, -0.05) is 19.3 Å². The van der Waals surface area contributed by atoms with Crippen molar-refractivity contribution in [3.05, 3.63) is 0 Å². The Kier molecular flexibility index (Phi) is 3.50. The van der Waals surface area contributed by atoms with E-state index in [1.165, 1.54) is 13.5 Å². The van der Waals surface area contributed by atoms with Crippen LogP contribution in [0.15, 0.2) is 0 Å². The van der Waals surface area contributed by atoms with Crippen LogP contribution in [0.3, 0.4) is 0 Å². The number of esters is 1. The molecule has 1 aliphatic rings. The first-order valence-corrected chi connectivity index (χ1v) is 4.47. The Labute approximate surface area is 72.1 Å². The summed E-state index contributed by atoms with van der Waals surface area (Å²) in [5.74, 6) is -0.798. The molecular formula is C9H15FO2. The minimum atomic E-state index is -1.39. The van der Waals surface area contributed by atoms with Gasteiger partial charge in [-0.3, -0.25) is 0 Å². The van der Waals surface area contributed by atoms with Gasteiger partial charge in [0.05, 0.1) is 7.11 Å². The first-order valence-electron chi connectivity index (χ1n) is 4.47. The molecule has 70 valence electrons. The lowest BCUT2D eigenvalue weighted by atomic mass is 9.86. The average Bonchev–Trinajstić information content (AvgIpc) is 2.17. The molecule has 0 bridgehead atoms. The van der Waals surface area contributed by atoms with E-state index in [0.717, 1.165) is 25.7 Å². The third-order valence-corrected chi connectivity index (χ3v) is 2.49. The molecule has 1 fully saturated rings. The van der Waals surface area contributed by atoms with E-state index in [1.807, 2.05) is 0 Å². The smallest absolute Gasteiger partial charge is 0.340 e. The van der Waals surface area contributed by atoms with Crippen LogP contribution in [-0.2, 0) is 9.53 Å². The van der Waals surface area contributed by atoms with E-state index in [9.17, 15) is 9.18 Å². The summed E-state index contributed by atoms with van der Waals surface area (Å²) in [5, 5.41) is 0. The van der Waals surface area contributed by atoms with Crippen LogP contribution in [0, 0.1) is 5.92 Å². The Morgan fingerprint density at radius 2 is 2.00 bits per heavy atom. The summed E-state index contributed by atoms with van der Waals surface area (Å²) in [7, 11) is 1.23. The monoisotopic (exact) mass is 174 g/mol. The van der Waals surface area contributed by atoms with Crippen LogP contribution >= 0.6 is 0 Å². The van der Waals surface area contributed by atoms with Crippen molar-refractivity contribution >= 4 is 5.97 Å². The first-order chi connectivity index (χ1) is 5.75. The highest BCUT2D eigenvalue weighted by molar-refractivity contribution is 5.74. The summed E-state index contributed by atoms with van der Waals surface area (Å²) >= 11 is 0. The number of ether oxygens (including phenoxy) is 1.